The Morgan fingerprint density at radius 3 is 3.00 bits per heavy atom. The minimum atomic E-state index is -0.0582. The molecule has 3 N–H and O–H groups in total. The monoisotopic (exact) mass is 255 g/mol. The van der Waals surface area contributed by atoms with E-state index >= 15 is 0 Å². The van der Waals surface area contributed by atoms with E-state index in [-0.39, 0.29) is 17.9 Å². The quantitative estimate of drug-likeness (QED) is 0.865. The number of carbonyl (C=O) groups is 1. The van der Waals surface area contributed by atoms with E-state index in [2.05, 4.69) is 10.3 Å². The zero-order valence-corrected chi connectivity index (χ0v) is 10.7. The second-order valence-electron chi connectivity index (χ2n) is 5.09. The van der Waals surface area contributed by atoms with Gasteiger partial charge in [0.05, 0.1) is 5.92 Å². The molecule has 4 nitrogen and oxygen atoms in total. The van der Waals surface area contributed by atoms with Gasteiger partial charge in [0.2, 0.25) is 5.91 Å². The molecule has 1 saturated carbocycles. The number of benzene rings is 1. The predicted molar refractivity (Wildman–Crippen MR) is 75.7 cm³/mol. The predicted octanol–water partition coefficient (Wildman–Crippen LogP) is 2.30. The highest BCUT2D eigenvalue weighted by atomic mass is 16.1. The largest absolute Gasteiger partial charge is 0.327 e. The van der Waals surface area contributed by atoms with Crippen LogP contribution >= 0.6 is 0 Å². The highest BCUT2D eigenvalue weighted by Crippen LogP contribution is 2.27. The summed E-state index contributed by atoms with van der Waals surface area (Å²) in [5, 5.41) is 5.05. The molecule has 2 atom stereocenters. The lowest BCUT2D eigenvalue weighted by atomic mass is 10.0. The van der Waals surface area contributed by atoms with Gasteiger partial charge in [0, 0.05) is 34.9 Å². The van der Waals surface area contributed by atoms with Crippen LogP contribution in [0.25, 0.3) is 10.8 Å². The number of hydrogen-bond acceptors (Lipinski definition) is 3. The first-order valence-electron chi connectivity index (χ1n) is 6.65. The Morgan fingerprint density at radius 1 is 1.32 bits per heavy atom. The molecule has 1 fully saturated rings. The Kier molecular flexibility index (Phi) is 3.17. The zero-order chi connectivity index (χ0) is 13.2. The second kappa shape index (κ2) is 4.97. The Bertz CT molecular complexity index is 606. The summed E-state index contributed by atoms with van der Waals surface area (Å²) >= 11 is 0. The fraction of sp³-hybridized carbons (Fsp3) is 0.333. The fourth-order valence-corrected chi connectivity index (χ4v) is 2.77. The van der Waals surface area contributed by atoms with E-state index in [1.807, 2.05) is 24.3 Å². The van der Waals surface area contributed by atoms with Crippen LogP contribution in [0.5, 0.6) is 0 Å². The Balaban J connectivity index is 1.87. The maximum atomic E-state index is 12.3. The van der Waals surface area contributed by atoms with Gasteiger partial charge in [-0.1, -0.05) is 18.6 Å². The van der Waals surface area contributed by atoms with Gasteiger partial charge in [0.1, 0.15) is 0 Å². The second-order valence-corrected chi connectivity index (χ2v) is 5.09. The summed E-state index contributed by atoms with van der Waals surface area (Å²) in [5.41, 5.74) is 6.81. The summed E-state index contributed by atoms with van der Waals surface area (Å²) in [6.07, 6.45) is 6.40. The first-order chi connectivity index (χ1) is 9.25. The van der Waals surface area contributed by atoms with Crippen LogP contribution in [-0.2, 0) is 4.79 Å². The van der Waals surface area contributed by atoms with Gasteiger partial charge in [-0.05, 0) is 25.0 Å². The molecule has 19 heavy (non-hydrogen) atoms. The third kappa shape index (κ3) is 2.31. The normalized spacial score (nSPS) is 22.6. The molecule has 1 heterocycles. The number of hydrogen-bond donors (Lipinski definition) is 2. The Morgan fingerprint density at radius 2 is 2.21 bits per heavy atom. The summed E-state index contributed by atoms with van der Waals surface area (Å²) in [6.45, 7) is 0. The van der Waals surface area contributed by atoms with Crippen LogP contribution in [0.3, 0.4) is 0 Å². The van der Waals surface area contributed by atoms with Crippen molar-refractivity contribution in [1.29, 1.82) is 0 Å². The molecule has 3 rings (SSSR count). The molecular weight excluding hydrogens is 238 g/mol. The van der Waals surface area contributed by atoms with Crippen molar-refractivity contribution in [2.75, 3.05) is 5.32 Å². The van der Waals surface area contributed by atoms with Gasteiger partial charge < -0.3 is 11.1 Å². The van der Waals surface area contributed by atoms with Crippen molar-refractivity contribution in [2.45, 2.75) is 25.3 Å². The molecule has 98 valence electrons. The first kappa shape index (κ1) is 12.1. The number of anilines is 1. The topological polar surface area (TPSA) is 68.0 Å². The molecule has 0 bridgehead atoms. The molecule has 4 heteroatoms. The van der Waals surface area contributed by atoms with Crippen LogP contribution in [0.4, 0.5) is 5.69 Å². The fourth-order valence-electron chi connectivity index (χ4n) is 2.77. The van der Waals surface area contributed by atoms with E-state index in [1.165, 1.54) is 0 Å². The van der Waals surface area contributed by atoms with Crippen molar-refractivity contribution in [2.24, 2.45) is 11.7 Å². The summed E-state index contributed by atoms with van der Waals surface area (Å²) in [5.74, 6) is -0.0218. The summed E-state index contributed by atoms with van der Waals surface area (Å²) < 4.78 is 0. The standard InChI is InChI=1S/C15H17N3O/c16-13-5-2-4-12(13)15(19)18-14-6-1-3-10-9-17-8-7-11(10)14/h1,3,6-9,12-13H,2,4-5,16H2,(H,18,19). The van der Waals surface area contributed by atoms with Crippen molar-refractivity contribution < 1.29 is 4.79 Å². The van der Waals surface area contributed by atoms with Gasteiger partial charge in [-0.25, -0.2) is 0 Å². The lowest BCUT2D eigenvalue weighted by Gasteiger charge is -2.16. The van der Waals surface area contributed by atoms with E-state index in [4.69, 9.17) is 5.73 Å². The van der Waals surface area contributed by atoms with Gasteiger partial charge in [-0.2, -0.15) is 0 Å². The Hall–Kier alpha value is -1.94. The molecule has 0 spiro atoms. The van der Waals surface area contributed by atoms with E-state index in [1.54, 1.807) is 12.4 Å². The number of rotatable bonds is 2. The number of carbonyl (C=O) groups excluding carboxylic acids is 1. The molecule has 1 amide bonds. The smallest absolute Gasteiger partial charge is 0.229 e. The molecule has 2 unspecified atom stereocenters. The number of pyridine rings is 1. The zero-order valence-electron chi connectivity index (χ0n) is 10.7. The van der Waals surface area contributed by atoms with Gasteiger partial charge in [-0.15, -0.1) is 0 Å². The number of nitrogens with one attached hydrogen (secondary N) is 1. The third-order valence-corrected chi connectivity index (χ3v) is 3.84. The van der Waals surface area contributed by atoms with Crippen LogP contribution in [0.15, 0.2) is 36.7 Å². The molecule has 1 aromatic carbocycles. The minimum Gasteiger partial charge on any atom is -0.327 e. The maximum Gasteiger partial charge on any atom is 0.229 e. The average Bonchev–Trinajstić information content (AvgIpc) is 2.85. The number of aromatic nitrogens is 1. The molecule has 0 saturated heterocycles. The third-order valence-electron chi connectivity index (χ3n) is 3.84. The van der Waals surface area contributed by atoms with Crippen LogP contribution in [-0.4, -0.2) is 16.9 Å². The van der Waals surface area contributed by atoms with E-state index in [0.29, 0.717) is 0 Å². The van der Waals surface area contributed by atoms with Crippen molar-refractivity contribution in [3.05, 3.63) is 36.7 Å². The summed E-state index contributed by atoms with van der Waals surface area (Å²) in [7, 11) is 0. The van der Waals surface area contributed by atoms with Crippen molar-refractivity contribution in [1.82, 2.24) is 4.98 Å². The molecule has 1 aromatic heterocycles. The molecule has 0 radical (unpaired) electrons. The van der Waals surface area contributed by atoms with Crippen molar-refractivity contribution in [3.63, 3.8) is 0 Å². The lowest BCUT2D eigenvalue weighted by molar-refractivity contribution is -0.120. The van der Waals surface area contributed by atoms with Crippen molar-refractivity contribution >= 4 is 22.4 Å². The maximum absolute atomic E-state index is 12.3. The highest BCUT2D eigenvalue weighted by molar-refractivity contribution is 6.02. The van der Waals surface area contributed by atoms with Crippen LogP contribution < -0.4 is 11.1 Å². The summed E-state index contributed by atoms with van der Waals surface area (Å²) in [4.78, 5) is 16.4. The van der Waals surface area contributed by atoms with Crippen molar-refractivity contribution in [3.8, 4) is 0 Å². The number of amides is 1. The molecule has 0 aliphatic heterocycles. The van der Waals surface area contributed by atoms with Gasteiger partial charge in [0.15, 0.2) is 0 Å². The van der Waals surface area contributed by atoms with Crippen LogP contribution in [0.2, 0.25) is 0 Å². The molecule has 2 aromatic rings. The lowest BCUT2D eigenvalue weighted by Crippen LogP contribution is -2.34. The number of fused-ring (bicyclic) bond motifs is 1. The molecule has 1 aliphatic carbocycles. The number of nitrogens with two attached hydrogens (primary N) is 1. The SMILES string of the molecule is NC1CCCC1C(=O)Nc1cccc2cnccc12. The van der Waals surface area contributed by atoms with Gasteiger partial charge in [-0.3, -0.25) is 9.78 Å². The molecular formula is C15H17N3O. The van der Waals surface area contributed by atoms with Crippen LogP contribution in [0, 0.1) is 5.92 Å². The minimum absolute atomic E-state index is 0.00311. The van der Waals surface area contributed by atoms with Gasteiger partial charge >= 0.3 is 0 Å². The van der Waals surface area contributed by atoms with E-state index in [0.717, 1.165) is 35.7 Å². The first-order valence-corrected chi connectivity index (χ1v) is 6.65. The van der Waals surface area contributed by atoms with E-state index in [9.17, 15) is 4.79 Å². The molecule has 1 aliphatic rings. The number of nitrogens with zero attached hydrogens (tertiary/aromatic N) is 1. The Labute approximate surface area is 112 Å². The average molecular weight is 255 g/mol. The summed E-state index contributed by atoms with van der Waals surface area (Å²) in [6, 6.07) is 7.74. The highest BCUT2D eigenvalue weighted by Gasteiger charge is 2.30. The van der Waals surface area contributed by atoms with E-state index < -0.39 is 0 Å². The van der Waals surface area contributed by atoms with Gasteiger partial charge in [0.25, 0.3) is 0 Å². The van der Waals surface area contributed by atoms with Crippen LogP contribution in [0.1, 0.15) is 19.3 Å².